The van der Waals surface area contributed by atoms with Crippen molar-refractivity contribution < 1.29 is 9.53 Å². The molecule has 0 aliphatic carbocycles. The van der Waals surface area contributed by atoms with E-state index in [-0.39, 0.29) is 5.78 Å². The summed E-state index contributed by atoms with van der Waals surface area (Å²) in [6, 6.07) is 7.17. The van der Waals surface area contributed by atoms with Crippen molar-refractivity contribution in [2.75, 3.05) is 6.61 Å². The Morgan fingerprint density at radius 1 is 1.33 bits per heavy atom. The summed E-state index contributed by atoms with van der Waals surface area (Å²) in [4.78, 5) is 12.7. The number of ether oxygens (including phenoxy) is 1. The molecular formula is C13H14N2O2S. The summed E-state index contributed by atoms with van der Waals surface area (Å²) in [6.45, 7) is 4.53. The fourth-order valence-electron chi connectivity index (χ4n) is 1.49. The normalized spacial score (nSPS) is 10.3. The molecule has 0 radical (unpaired) electrons. The van der Waals surface area contributed by atoms with Crippen LogP contribution in [0.1, 0.15) is 34.3 Å². The van der Waals surface area contributed by atoms with Gasteiger partial charge in [-0.25, -0.2) is 0 Å². The number of carbonyl (C=O) groups excluding carboxylic acids is 1. The lowest BCUT2D eigenvalue weighted by molar-refractivity contribution is 0.104. The molecule has 0 aliphatic heterocycles. The van der Waals surface area contributed by atoms with Gasteiger partial charge in [-0.05, 0) is 49.1 Å². The highest BCUT2D eigenvalue weighted by atomic mass is 32.1. The Labute approximate surface area is 110 Å². The Morgan fingerprint density at radius 3 is 2.61 bits per heavy atom. The minimum atomic E-state index is -0.0375. The molecule has 0 unspecified atom stereocenters. The molecule has 0 fully saturated rings. The van der Waals surface area contributed by atoms with Crippen molar-refractivity contribution in [3.63, 3.8) is 0 Å². The van der Waals surface area contributed by atoms with Crippen LogP contribution in [0.2, 0.25) is 0 Å². The first-order chi connectivity index (χ1) is 8.72. The van der Waals surface area contributed by atoms with Gasteiger partial charge < -0.3 is 4.74 Å². The smallest absolute Gasteiger partial charge is 0.206 e. The second kappa shape index (κ2) is 5.73. The molecule has 2 aromatic rings. The number of carbonyl (C=O) groups is 1. The van der Waals surface area contributed by atoms with E-state index in [1.807, 2.05) is 12.1 Å². The number of nitrogens with zero attached hydrogens (tertiary/aromatic N) is 2. The molecule has 0 aliphatic rings. The lowest BCUT2D eigenvalue weighted by Gasteiger charge is -2.04. The maximum absolute atomic E-state index is 12.1. The quantitative estimate of drug-likeness (QED) is 0.777. The van der Waals surface area contributed by atoms with Gasteiger partial charge >= 0.3 is 0 Å². The van der Waals surface area contributed by atoms with Gasteiger partial charge in [0, 0.05) is 5.56 Å². The van der Waals surface area contributed by atoms with Crippen LogP contribution >= 0.6 is 11.5 Å². The van der Waals surface area contributed by atoms with Gasteiger partial charge in [-0.15, -0.1) is 5.10 Å². The summed E-state index contributed by atoms with van der Waals surface area (Å²) in [6.07, 6.45) is 0.965. The van der Waals surface area contributed by atoms with Gasteiger partial charge in [0.1, 0.15) is 10.6 Å². The van der Waals surface area contributed by atoms with Gasteiger partial charge in [0.05, 0.1) is 12.3 Å². The molecule has 0 saturated heterocycles. The molecule has 1 aromatic carbocycles. The number of rotatable bonds is 5. The zero-order valence-corrected chi connectivity index (χ0v) is 11.2. The molecule has 0 saturated carbocycles. The van der Waals surface area contributed by atoms with Gasteiger partial charge in [0.15, 0.2) is 0 Å². The zero-order valence-electron chi connectivity index (χ0n) is 10.3. The number of aromatic nitrogens is 2. The van der Waals surface area contributed by atoms with Crippen molar-refractivity contribution in [2.45, 2.75) is 20.3 Å². The van der Waals surface area contributed by atoms with E-state index in [2.05, 4.69) is 16.5 Å². The second-order valence-corrected chi connectivity index (χ2v) is 4.64. The highest BCUT2D eigenvalue weighted by Gasteiger charge is 2.15. The molecule has 4 nitrogen and oxygen atoms in total. The maximum Gasteiger partial charge on any atom is 0.206 e. The van der Waals surface area contributed by atoms with Crippen LogP contribution in [0.5, 0.6) is 5.75 Å². The average molecular weight is 262 g/mol. The van der Waals surface area contributed by atoms with Gasteiger partial charge in [0.2, 0.25) is 5.78 Å². The monoisotopic (exact) mass is 262 g/mol. The van der Waals surface area contributed by atoms with E-state index in [0.717, 1.165) is 23.7 Å². The number of benzene rings is 1. The van der Waals surface area contributed by atoms with Crippen LogP contribution in [0.3, 0.4) is 0 Å². The maximum atomic E-state index is 12.1. The van der Waals surface area contributed by atoms with Crippen LogP contribution in [-0.4, -0.2) is 22.0 Å². The van der Waals surface area contributed by atoms with Crippen molar-refractivity contribution >= 4 is 17.3 Å². The number of hydrogen-bond donors (Lipinski definition) is 0. The molecule has 0 atom stereocenters. The molecule has 1 heterocycles. The van der Waals surface area contributed by atoms with Gasteiger partial charge in [-0.1, -0.05) is 11.4 Å². The first-order valence-electron chi connectivity index (χ1n) is 5.79. The van der Waals surface area contributed by atoms with Gasteiger partial charge in [-0.3, -0.25) is 4.79 Å². The van der Waals surface area contributed by atoms with Crippen LogP contribution in [0, 0.1) is 6.92 Å². The number of ketones is 1. The Hall–Kier alpha value is -1.75. The van der Waals surface area contributed by atoms with E-state index >= 15 is 0 Å². The minimum absolute atomic E-state index is 0.0375. The molecular weight excluding hydrogens is 248 g/mol. The SMILES string of the molecule is CCCOc1ccc(C(=O)c2snnc2C)cc1. The predicted octanol–water partition coefficient (Wildman–Crippen LogP) is 2.87. The molecule has 94 valence electrons. The van der Waals surface area contributed by atoms with Crippen molar-refractivity contribution in [1.82, 2.24) is 9.59 Å². The largest absolute Gasteiger partial charge is 0.494 e. The number of aryl methyl sites for hydroxylation is 1. The van der Waals surface area contributed by atoms with Crippen molar-refractivity contribution in [1.29, 1.82) is 0 Å². The van der Waals surface area contributed by atoms with Crippen molar-refractivity contribution in [3.05, 3.63) is 40.4 Å². The number of hydrogen-bond acceptors (Lipinski definition) is 5. The lowest BCUT2D eigenvalue weighted by Crippen LogP contribution is -2.01. The molecule has 0 amide bonds. The summed E-state index contributed by atoms with van der Waals surface area (Å²) in [5.41, 5.74) is 1.31. The van der Waals surface area contributed by atoms with Crippen LogP contribution in [0.4, 0.5) is 0 Å². The third-order valence-corrected chi connectivity index (χ3v) is 3.27. The van der Waals surface area contributed by atoms with E-state index in [4.69, 9.17) is 4.74 Å². The van der Waals surface area contributed by atoms with E-state index in [0.29, 0.717) is 22.7 Å². The fourth-order valence-corrected chi connectivity index (χ4v) is 2.11. The Balaban J connectivity index is 2.15. The van der Waals surface area contributed by atoms with E-state index in [9.17, 15) is 4.79 Å². The lowest BCUT2D eigenvalue weighted by atomic mass is 10.1. The highest BCUT2D eigenvalue weighted by Crippen LogP contribution is 2.18. The Kier molecular flexibility index (Phi) is 4.04. The summed E-state index contributed by atoms with van der Waals surface area (Å²) >= 11 is 1.13. The molecule has 0 N–H and O–H groups in total. The summed E-state index contributed by atoms with van der Waals surface area (Å²) < 4.78 is 9.24. The van der Waals surface area contributed by atoms with Gasteiger partial charge in [-0.2, -0.15) is 0 Å². The molecule has 1 aromatic heterocycles. The van der Waals surface area contributed by atoms with Crippen LogP contribution in [0.25, 0.3) is 0 Å². The standard InChI is InChI=1S/C13H14N2O2S/c1-3-8-17-11-6-4-10(5-7-11)12(16)13-9(2)14-15-18-13/h4-7H,3,8H2,1-2H3. The average Bonchev–Trinajstić information content (AvgIpc) is 2.82. The molecule has 5 heteroatoms. The molecule has 18 heavy (non-hydrogen) atoms. The Bertz CT molecular complexity index is 534. The summed E-state index contributed by atoms with van der Waals surface area (Å²) in [5.74, 6) is 0.747. The third kappa shape index (κ3) is 2.73. The van der Waals surface area contributed by atoms with E-state index < -0.39 is 0 Å². The first-order valence-corrected chi connectivity index (χ1v) is 6.56. The van der Waals surface area contributed by atoms with E-state index in [1.165, 1.54) is 0 Å². The van der Waals surface area contributed by atoms with Gasteiger partial charge in [0.25, 0.3) is 0 Å². The topological polar surface area (TPSA) is 52.1 Å². The van der Waals surface area contributed by atoms with Crippen LogP contribution in [-0.2, 0) is 0 Å². The Morgan fingerprint density at radius 2 is 2.06 bits per heavy atom. The first kappa shape index (κ1) is 12.7. The fraction of sp³-hybridized carbons (Fsp3) is 0.308. The van der Waals surface area contributed by atoms with Crippen molar-refractivity contribution in [3.8, 4) is 5.75 Å². The third-order valence-electron chi connectivity index (χ3n) is 2.45. The van der Waals surface area contributed by atoms with Crippen molar-refractivity contribution in [2.24, 2.45) is 0 Å². The summed E-state index contributed by atoms with van der Waals surface area (Å²) in [5, 5.41) is 3.84. The minimum Gasteiger partial charge on any atom is -0.494 e. The zero-order chi connectivity index (χ0) is 13.0. The predicted molar refractivity (Wildman–Crippen MR) is 70.3 cm³/mol. The van der Waals surface area contributed by atoms with E-state index in [1.54, 1.807) is 19.1 Å². The highest BCUT2D eigenvalue weighted by molar-refractivity contribution is 7.08. The molecule has 2 rings (SSSR count). The second-order valence-electron chi connectivity index (χ2n) is 3.89. The molecule has 0 spiro atoms. The molecule has 0 bridgehead atoms. The van der Waals surface area contributed by atoms with Crippen LogP contribution in [0.15, 0.2) is 24.3 Å². The summed E-state index contributed by atoms with van der Waals surface area (Å²) in [7, 11) is 0. The van der Waals surface area contributed by atoms with Crippen LogP contribution < -0.4 is 4.74 Å².